The molecule has 1 N–H and O–H groups in total. The van der Waals surface area contributed by atoms with Crippen LogP contribution >= 0.6 is 23.2 Å². The molecule has 1 aliphatic rings. The maximum atomic E-state index is 6.17. The van der Waals surface area contributed by atoms with Gasteiger partial charge in [0.25, 0.3) is 0 Å². The fourth-order valence-electron chi connectivity index (χ4n) is 1.76. The van der Waals surface area contributed by atoms with Gasteiger partial charge >= 0.3 is 0 Å². The van der Waals surface area contributed by atoms with Crippen LogP contribution in [0, 0.1) is 0 Å². The molecule has 1 fully saturated rings. The molecule has 3 rings (SSSR count). The third-order valence-electron chi connectivity index (χ3n) is 2.88. The highest BCUT2D eigenvalue weighted by Gasteiger charge is 2.21. The number of nitrogens with one attached hydrogen (secondary N) is 1. The molecular formula is C12H12Cl2N4. The highest BCUT2D eigenvalue weighted by molar-refractivity contribution is 6.35. The van der Waals surface area contributed by atoms with Crippen molar-refractivity contribution in [2.45, 2.75) is 25.4 Å². The monoisotopic (exact) mass is 282 g/mol. The molecule has 94 valence electrons. The zero-order valence-corrected chi connectivity index (χ0v) is 11.1. The summed E-state index contributed by atoms with van der Waals surface area (Å²) in [5, 5.41) is 8.80. The first-order valence-corrected chi connectivity index (χ1v) is 6.57. The van der Waals surface area contributed by atoms with Crippen LogP contribution in [0.15, 0.2) is 24.5 Å². The minimum Gasteiger partial charge on any atom is -0.307 e. The molecule has 0 aliphatic heterocycles. The number of hydrogen-bond acceptors (Lipinski definition) is 3. The number of benzene rings is 1. The summed E-state index contributed by atoms with van der Waals surface area (Å²) in [6, 6.07) is 5.98. The molecule has 4 nitrogen and oxygen atoms in total. The average molecular weight is 283 g/mol. The van der Waals surface area contributed by atoms with Gasteiger partial charge in [-0.15, -0.1) is 0 Å². The Bertz CT molecular complexity index is 563. The lowest BCUT2D eigenvalue weighted by Crippen LogP contribution is -2.19. The van der Waals surface area contributed by atoms with Gasteiger partial charge in [-0.2, -0.15) is 5.10 Å². The predicted molar refractivity (Wildman–Crippen MR) is 71.2 cm³/mol. The second-order valence-corrected chi connectivity index (χ2v) is 5.18. The van der Waals surface area contributed by atoms with Crippen molar-refractivity contribution in [3.63, 3.8) is 0 Å². The third-order valence-corrected chi connectivity index (χ3v) is 3.42. The van der Waals surface area contributed by atoms with E-state index in [0.717, 1.165) is 11.5 Å². The smallest absolute Gasteiger partial charge is 0.146 e. The Balaban J connectivity index is 1.88. The number of halogens is 2. The predicted octanol–water partition coefficient (Wildman–Crippen LogP) is 2.83. The quantitative estimate of drug-likeness (QED) is 0.938. The molecule has 18 heavy (non-hydrogen) atoms. The third kappa shape index (κ3) is 2.51. The first-order valence-electron chi connectivity index (χ1n) is 5.82. The van der Waals surface area contributed by atoms with Gasteiger partial charge in [0.2, 0.25) is 0 Å². The molecule has 6 heteroatoms. The molecule has 0 atom stereocenters. The van der Waals surface area contributed by atoms with Crippen molar-refractivity contribution in [1.29, 1.82) is 0 Å². The Morgan fingerprint density at radius 1 is 1.33 bits per heavy atom. The standard InChI is InChI=1S/C12H12Cl2N4/c13-8-1-4-11(10(14)5-8)18-12(16-7-17-18)6-15-9-2-3-9/h1,4-5,7,9,15H,2-3,6H2. The van der Waals surface area contributed by atoms with Crippen LogP contribution in [0.4, 0.5) is 0 Å². The number of hydrogen-bond donors (Lipinski definition) is 1. The highest BCUT2D eigenvalue weighted by Crippen LogP contribution is 2.25. The summed E-state index contributed by atoms with van der Waals surface area (Å²) in [7, 11) is 0. The van der Waals surface area contributed by atoms with Crippen LogP contribution in [0.5, 0.6) is 0 Å². The van der Waals surface area contributed by atoms with Crippen molar-refractivity contribution in [3.8, 4) is 5.69 Å². The number of aromatic nitrogens is 3. The fraction of sp³-hybridized carbons (Fsp3) is 0.333. The van der Waals surface area contributed by atoms with Crippen molar-refractivity contribution in [2.75, 3.05) is 0 Å². The van der Waals surface area contributed by atoms with Gasteiger partial charge in [-0.1, -0.05) is 23.2 Å². The topological polar surface area (TPSA) is 42.7 Å². The summed E-state index contributed by atoms with van der Waals surface area (Å²) in [4.78, 5) is 4.25. The van der Waals surface area contributed by atoms with Crippen LogP contribution in [0.3, 0.4) is 0 Å². The fourth-order valence-corrected chi connectivity index (χ4v) is 2.25. The highest BCUT2D eigenvalue weighted by atomic mass is 35.5. The number of rotatable bonds is 4. The first-order chi connectivity index (χ1) is 8.74. The molecule has 0 radical (unpaired) electrons. The first kappa shape index (κ1) is 12.0. The van der Waals surface area contributed by atoms with Crippen LogP contribution in [-0.2, 0) is 6.54 Å². The Labute approximate surface area is 115 Å². The summed E-state index contributed by atoms with van der Waals surface area (Å²) < 4.78 is 1.74. The van der Waals surface area contributed by atoms with Gasteiger partial charge < -0.3 is 5.32 Å². The zero-order valence-electron chi connectivity index (χ0n) is 9.61. The van der Waals surface area contributed by atoms with Crippen molar-refractivity contribution < 1.29 is 0 Å². The summed E-state index contributed by atoms with van der Waals surface area (Å²) >= 11 is 12.1. The molecule has 1 aliphatic carbocycles. The SMILES string of the molecule is Clc1ccc(-n2ncnc2CNC2CC2)c(Cl)c1. The molecule has 1 saturated carbocycles. The minimum absolute atomic E-state index is 0.570. The molecule has 1 aromatic heterocycles. The van der Waals surface area contributed by atoms with Crippen molar-refractivity contribution in [2.24, 2.45) is 0 Å². The molecule has 1 heterocycles. The molecule has 0 spiro atoms. The van der Waals surface area contributed by atoms with E-state index in [-0.39, 0.29) is 0 Å². The summed E-state index contributed by atoms with van der Waals surface area (Å²) in [5.41, 5.74) is 0.797. The van der Waals surface area contributed by atoms with E-state index in [0.29, 0.717) is 22.6 Å². The molecule has 0 amide bonds. The maximum absolute atomic E-state index is 6.17. The van der Waals surface area contributed by atoms with Crippen LogP contribution in [0.25, 0.3) is 5.69 Å². The van der Waals surface area contributed by atoms with E-state index in [1.165, 1.54) is 19.2 Å². The molecule has 1 aromatic carbocycles. The van der Waals surface area contributed by atoms with Crippen LogP contribution in [-0.4, -0.2) is 20.8 Å². The van der Waals surface area contributed by atoms with Crippen LogP contribution < -0.4 is 5.32 Å². The van der Waals surface area contributed by atoms with Gasteiger partial charge in [0.05, 0.1) is 17.3 Å². The summed E-state index contributed by atoms with van der Waals surface area (Å²) in [6.45, 7) is 0.698. The van der Waals surface area contributed by atoms with Crippen LogP contribution in [0.1, 0.15) is 18.7 Å². The van der Waals surface area contributed by atoms with E-state index in [9.17, 15) is 0 Å². The molecule has 0 bridgehead atoms. The largest absolute Gasteiger partial charge is 0.307 e. The second kappa shape index (κ2) is 4.88. The Morgan fingerprint density at radius 2 is 2.17 bits per heavy atom. The van der Waals surface area contributed by atoms with E-state index in [2.05, 4.69) is 15.4 Å². The second-order valence-electron chi connectivity index (χ2n) is 4.34. The summed E-state index contributed by atoms with van der Waals surface area (Å²) in [6.07, 6.45) is 4.03. The van der Waals surface area contributed by atoms with Gasteiger partial charge in [0.15, 0.2) is 0 Å². The normalized spacial score (nSPS) is 15.0. The Morgan fingerprint density at radius 3 is 2.89 bits per heavy atom. The van der Waals surface area contributed by atoms with E-state index in [1.807, 2.05) is 6.07 Å². The summed E-state index contributed by atoms with van der Waals surface area (Å²) in [5.74, 6) is 0.853. The lowest BCUT2D eigenvalue weighted by molar-refractivity contribution is 0.638. The van der Waals surface area contributed by atoms with E-state index in [4.69, 9.17) is 23.2 Å². The van der Waals surface area contributed by atoms with Gasteiger partial charge in [-0.25, -0.2) is 9.67 Å². The lowest BCUT2D eigenvalue weighted by Gasteiger charge is -2.08. The van der Waals surface area contributed by atoms with Crippen LogP contribution in [0.2, 0.25) is 10.0 Å². The van der Waals surface area contributed by atoms with E-state index >= 15 is 0 Å². The maximum Gasteiger partial charge on any atom is 0.146 e. The molecular weight excluding hydrogens is 271 g/mol. The van der Waals surface area contributed by atoms with Gasteiger partial charge in [-0.3, -0.25) is 0 Å². The molecule has 0 unspecified atom stereocenters. The Hall–Kier alpha value is -1.10. The zero-order chi connectivity index (χ0) is 12.5. The molecule has 2 aromatic rings. The lowest BCUT2D eigenvalue weighted by atomic mass is 10.3. The van der Waals surface area contributed by atoms with Gasteiger partial charge in [0, 0.05) is 11.1 Å². The van der Waals surface area contributed by atoms with Crippen molar-refractivity contribution in [3.05, 3.63) is 40.4 Å². The Kier molecular flexibility index (Phi) is 3.24. The minimum atomic E-state index is 0.570. The van der Waals surface area contributed by atoms with E-state index < -0.39 is 0 Å². The average Bonchev–Trinajstić information content (AvgIpc) is 3.06. The van der Waals surface area contributed by atoms with E-state index in [1.54, 1.807) is 16.8 Å². The molecule has 0 saturated heterocycles. The van der Waals surface area contributed by atoms with Crippen molar-refractivity contribution in [1.82, 2.24) is 20.1 Å². The number of nitrogens with zero attached hydrogens (tertiary/aromatic N) is 3. The van der Waals surface area contributed by atoms with Gasteiger partial charge in [0.1, 0.15) is 12.2 Å². The van der Waals surface area contributed by atoms with Crippen molar-refractivity contribution >= 4 is 23.2 Å². The van der Waals surface area contributed by atoms with Gasteiger partial charge in [-0.05, 0) is 31.0 Å².